The molecular weight excluding hydrogens is 488 g/mol. The predicted octanol–water partition coefficient (Wildman–Crippen LogP) is 5.55. The fourth-order valence-electron chi connectivity index (χ4n) is 4.35. The van der Waals surface area contributed by atoms with E-state index in [1.165, 1.54) is 0 Å². The summed E-state index contributed by atoms with van der Waals surface area (Å²) in [5.41, 5.74) is 7.13. The Hall–Kier alpha value is -5.08. The molecule has 39 heavy (non-hydrogen) atoms. The van der Waals surface area contributed by atoms with Crippen LogP contribution in [0.3, 0.4) is 0 Å². The van der Waals surface area contributed by atoms with Gasteiger partial charge in [-0.25, -0.2) is 0 Å². The maximum atomic E-state index is 9.19. The maximum absolute atomic E-state index is 9.19. The molecule has 0 bridgehead atoms. The first-order chi connectivity index (χ1) is 19.2. The molecule has 0 aliphatic carbocycles. The summed E-state index contributed by atoms with van der Waals surface area (Å²) in [6.07, 6.45) is 1.74. The van der Waals surface area contributed by atoms with E-state index >= 15 is 0 Å². The average molecular weight is 515 g/mol. The predicted molar refractivity (Wildman–Crippen MR) is 152 cm³/mol. The third-order valence-electron chi connectivity index (χ3n) is 6.42. The van der Waals surface area contributed by atoms with E-state index in [4.69, 9.17) is 9.84 Å². The molecule has 0 amide bonds. The summed E-state index contributed by atoms with van der Waals surface area (Å²) < 4.78 is 7.93. The molecule has 0 saturated carbocycles. The Bertz CT molecular complexity index is 1780. The van der Waals surface area contributed by atoms with Crippen LogP contribution in [0.2, 0.25) is 0 Å². The third-order valence-corrected chi connectivity index (χ3v) is 6.42. The second-order valence-corrected chi connectivity index (χ2v) is 9.14. The van der Waals surface area contributed by atoms with Crippen molar-refractivity contribution in [2.24, 2.45) is 0 Å². The van der Waals surface area contributed by atoms with Crippen molar-refractivity contribution in [1.29, 1.82) is 0 Å². The van der Waals surface area contributed by atoms with Crippen LogP contribution >= 0.6 is 0 Å². The van der Waals surface area contributed by atoms with Gasteiger partial charge in [0.2, 0.25) is 0 Å². The first-order valence-electron chi connectivity index (χ1n) is 12.6. The Balaban J connectivity index is 1.23. The van der Waals surface area contributed by atoms with Crippen molar-refractivity contribution < 1.29 is 9.84 Å². The van der Waals surface area contributed by atoms with Gasteiger partial charge in [-0.2, -0.15) is 9.61 Å². The number of aliphatic hydroxyl groups is 1. The molecule has 0 saturated heterocycles. The first kappa shape index (κ1) is 24.3. The van der Waals surface area contributed by atoms with Gasteiger partial charge in [-0.05, 0) is 59.2 Å². The molecule has 8 nitrogen and oxygen atoms in total. The molecule has 0 fully saturated rings. The van der Waals surface area contributed by atoms with Crippen LogP contribution in [0.1, 0.15) is 5.82 Å². The number of hydrogen-bond donors (Lipinski definition) is 2. The third kappa shape index (κ3) is 5.18. The molecule has 8 heteroatoms. The van der Waals surface area contributed by atoms with E-state index in [0.717, 1.165) is 44.5 Å². The molecule has 3 aromatic heterocycles. The summed E-state index contributed by atoms with van der Waals surface area (Å²) >= 11 is 0. The molecule has 6 aromatic rings. The number of rotatable bonds is 9. The SMILES string of the molecule is C=C(CO)CNc1cccc(-c2ccc3c(OCc4nnc5ccc(-c6ccccc6)nn45)ccnc3c2)c1. The number of pyridine rings is 1. The number of anilines is 1. The summed E-state index contributed by atoms with van der Waals surface area (Å²) in [4.78, 5) is 4.58. The van der Waals surface area contributed by atoms with Crippen LogP contribution in [0, 0.1) is 0 Å². The summed E-state index contributed by atoms with van der Waals surface area (Å²) in [6, 6.07) is 29.9. The number of aliphatic hydroxyl groups excluding tert-OH is 1. The summed E-state index contributed by atoms with van der Waals surface area (Å²) in [7, 11) is 0. The standard InChI is InChI=1S/C31H26N6O2/c1-21(19-38)18-33-25-9-5-8-23(16-25)24-10-11-26-28(17-24)32-15-14-29(26)39-20-31-35-34-30-13-12-27(36-37(30)31)22-6-3-2-4-7-22/h2-17,33,38H,1,18-20H2. The lowest BCUT2D eigenvalue weighted by atomic mass is 10.0. The van der Waals surface area contributed by atoms with Gasteiger partial charge < -0.3 is 15.2 Å². The van der Waals surface area contributed by atoms with Gasteiger partial charge in [0.1, 0.15) is 12.4 Å². The van der Waals surface area contributed by atoms with Crippen LogP contribution in [-0.2, 0) is 6.61 Å². The van der Waals surface area contributed by atoms with Crippen molar-refractivity contribution in [3.05, 3.63) is 115 Å². The van der Waals surface area contributed by atoms with Crippen LogP contribution in [0.15, 0.2) is 109 Å². The van der Waals surface area contributed by atoms with Crippen molar-refractivity contribution in [3.63, 3.8) is 0 Å². The Morgan fingerprint density at radius 3 is 2.59 bits per heavy atom. The minimum atomic E-state index is -0.0357. The molecule has 0 atom stereocenters. The maximum Gasteiger partial charge on any atom is 0.192 e. The van der Waals surface area contributed by atoms with E-state index in [1.807, 2.05) is 72.8 Å². The zero-order valence-corrected chi connectivity index (χ0v) is 21.2. The molecule has 192 valence electrons. The smallest absolute Gasteiger partial charge is 0.192 e. The van der Waals surface area contributed by atoms with Crippen molar-refractivity contribution in [2.75, 3.05) is 18.5 Å². The number of hydrogen-bond acceptors (Lipinski definition) is 7. The Kier molecular flexibility index (Phi) is 6.67. The highest BCUT2D eigenvalue weighted by molar-refractivity contribution is 5.89. The lowest BCUT2D eigenvalue weighted by Gasteiger charge is -2.11. The van der Waals surface area contributed by atoms with E-state index in [-0.39, 0.29) is 13.2 Å². The number of aromatic nitrogens is 5. The first-order valence-corrected chi connectivity index (χ1v) is 12.6. The minimum absolute atomic E-state index is 0.0357. The van der Waals surface area contributed by atoms with Crippen LogP contribution in [0.25, 0.3) is 38.9 Å². The molecule has 3 heterocycles. The van der Waals surface area contributed by atoms with Gasteiger partial charge in [0.05, 0.1) is 17.8 Å². The molecule has 3 aromatic carbocycles. The second kappa shape index (κ2) is 10.7. The highest BCUT2D eigenvalue weighted by Gasteiger charge is 2.12. The quantitative estimate of drug-likeness (QED) is 0.244. The summed E-state index contributed by atoms with van der Waals surface area (Å²) in [6.45, 7) is 4.52. The Labute approximate surface area is 225 Å². The summed E-state index contributed by atoms with van der Waals surface area (Å²) in [5.74, 6) is 1.32. The van der Waals surface area contributed by atoms with Gasteiger partial charge in [-0.15, -0.1) is 10.2 Å². The van der Waals surface area contributed by atoms with Crippen LogP contribution < -0.4 is 10.1 Å². The largest absolute Gasteiger partial charge is 0.485 e. The van der Waals surface area contributed by atoms with Crippen molar-refractivity contribution >= 4 is 22.2 Å². The van der Waals surface area contributed by atoms with E-state index in [0.29, 0.717) is 23.8 Å². The van der Waals surface area contributed by atoms with E-state index in [2.05, 4.69) is 45.3 Å². The molecule has 0 unspecified atom stereocenters. The number of fused-ring (bicyclic) bond motifs is 2. The van der Waals surface area contributed by atoms with Crippen molar-refractivity contribution in [1.82, 2.24) is 24.8 Å². The fourth-order valence-corrected chi connectivity index (χ4v) is 4.35. The molecule has 6 rings (SSSR count). The van der Waals surface area contributed by atoms with Gasteiger partial charge in [0, 0.05) is 29.4 Å². The topological polar surface area (TPSA) is 97.5 Å². The normalized spacial score (nSPS) is 11.1. The van der Waals surface area contributed by atoms with E-state index in [1.54, 1.807) is 10.7 Å². The highest BCUT2D eigenvalue weighted by atomic mass is 16.5. The van der Waals surface area contributed by atoms with Crippen molar-refractivity contribution in [2.45, 2.75) is 6.61 Å². The zero-order valence-electron chi connectivity index (χ0n) is 21.2. The van der Waals surface area contributed by atoms with Crippen molar-refractivity contribution in [3.8, 4) is 28.1 Å². The van der Waals surface area contributed by atoms with Crippen LogP contribution in [0.4, 0.5) is 5.69 Å². The van der Waals surface area contributed by atoms with E-state index in [9.17, 15) is 5.11 Å². The molecule has 0 spiro atoms. The fraction of sp³-hybridized carbons (Fsp3) is 0.0968. The van der Waals surface area contributed by atoms with Crippen LogP contribution in [-0.4, -0.2) is 43.1 Å². The minimum Gasteiger partial charge on any atom is -0.485 e. The van der Waals surface area contributed by atoms with Gasteiger partial charge in [-0.1, -0.05) is 55.1 Å². The number of ether oxygens (including phenoxy) is 1. The second-order valence-electron chi connectivity index (χ2n) is 9.14. The lowest BCUT2D eigenvalue weighted by Crippen LogP contribution is -2.06. The van der Waals surface area contributed by atoms with Gasteiger partial charge in [0.25, 0.3) is 0 Å². The number of nitrogens with zero attached hydrogens (tertiary/aromatic N) is 5. The molecule has 0 aliphatic rings. The number of nitrogens with one attached hydrogen (secondary N) is 1. The average Bonchev–Trinajstić information content (AvgIpc) is 3.41. The Morgan fingerprint density at radius 2 is 1.72 bits per heavy atom. The Morgan fingerprint density at radius 1 is 0.872 bits per heavy atom. The van der Waals surface area contributed by atoms with Gasteiger partial charge >= 0.3 is 0 Å². The zero-order chi connectivity index (χ0) is 26.6. The van der Waals surface area contributed by atoms with E-state index < -0.39 is 0 Å². The number of benzene rings is 3. The molecule has 0 aliphatic heterocycles. The monoisotopic (exact) mass is 514 g/mol. The molecular formula is C31H26N6O2. The van der Waals surface area contributed by atoms with Gasteiger partial charge in [-0.3, -0.25) is 4.98 Å². The van der Waals surface area contributed by atoms with Crippen LogP contribution in [0.5, 0.6) is 5.75 Å². The van der Waals surface area contributed by atoms with Gasteiger partial charge in [0.15, 0.2) is 11.5 Å². The lowest BCUT2D eigenvalue weighted by molar-refractivity contribution is 0.296. The highest BCUT2D eigenvalue weighted by Crippen LogP contribution is 2.30. The molecule has 0 radical (unpaired) electrons. The summed E-state index contributed by atoms with van der Waals surface area (Å²) in [5, 5.41) is 26.7. The molecule has 2 N–H and O–H groups in total.